The minimum absolute atomic E-state index is 0.862. The van der Waals surface area contributed by atoms with Crippen LogP contribution in [0.15, 0.2) is 96.4 Å². The van der Waals surface area contributed by atoms with Crippen LogP contribution in [0.2, 0.25) is 0 Å². The molecule has 122 valence electrons. The van der Waals surface area contributed by atoms with Crippen LogP contribution in [0, 0.1) is 0 Å². The zero-order valence-corrected chi connectivity index (χ0v) is 14.4. The van der Waals surface area contributed by atoms with E-state index >= 15 is 0 Å². The minimum Gasteiger partial charge on any atom is -0.277 e. The number of para-hydroxylation sites is 1. The van der Waals surface area contributed by atoms with Gasteiger partial charge in [-0.2, -0.15) is 0 Å². The highest BCUT2D eigenvalue weighted by Gasteiger charge is 2.07. The van der Waals surface area contributed by atoms with Crippen molar-refractivity contribution < 1.29 is 0 Å². The van der Waals surface area contributed by atoms with Crippen molar-refractivity contribution in [3.63, 3.8) is 0 Å². The summed E-state index contributed by atoms with van der Waals surface area (Å²) in [5.74, 6) is 0.862. The molecule has 0 aliphatic carbocycles. The van der Waals surface area contributed by atoms with Gasteiger partial charge in [-0.3, -0.25) is 4.57 Å². The molecule has 0 bridgehead atoms. The zero-order chi connectivity index (χ0) is 16.9. The minimum atomic E-state index is 0.862. The standard InChI is InChI=1S/C21H17N3S/c1-3-7-18(8-4-1)19-13-11-17(12-14-19)15-25-21-23-22-16-24(21)20-9-5-2-6-10-20/h1-14,16H,15H2. The highest BCUT2D eigenvalue weighted by molar-refractivity contribution is 7.98. The van der Waals surface area contributed by atoms with Gasteiger partial charge in [-0.1, -0.05) is 84.6 Å². The van der Waals surface area contributed by atoms with Crippen molar-refractivity contribution >= 4 is 11.8 Å². The molecule has 0 radical (unpaired) electrons. The Kier molecular flexibility index (Phi) is 4.61. The molecule has 1 aromatic heterocycles. The fourth-order valence-electron chi connectivity index (χ4n) is 2.66. The summed E-state index contributed by atoms with van der Waals surface area (Å²) in [5, 5.41) is 9.21. The maximum Gasteiger partial charge on any atom is 0.195 e. The number of hydrogen-bond donors (Lipinski definition) is 0. The second-order valence-electron chi connectivity index (χ2n) is 5.67. The fourth-order valence-corrected chi connectivity index (χ4v) is 3.55. The molecule has 4 aromatic rings. The van der Waals surface area contributed by atoms with Gasteiger partial charge in [0.1, 0.15) is 6.33 Å². The Labute approximate surface area is 151 Å². The smallest absolute Gasteiger partial charge is 0.195 e. The van der Waals surface area contributed by atoms with E-state index in [9.17, 15) is 0 Å². The Bertz CT molecular complexity index is 932. The van der Waals surface area contributed by atoms with Gasteiger partial charge in [-0.25, -0.2) is 0 Å². The van der Waals surface area contributed by atoms with Crippen LogP contribution in [0.5, 0.6) is 0 Å². The lowest BCUT2D eigenvalue weighted by atomic mass is 10.0. The maximum absolute atomic E-state index is 4.25. The average Bonchev–Trinajstić information content (AvgIpc) is 3.17. The molecule has 0 unspecified atom stereocenters. The van der Waals surface area contributed by atoms with Gasteiger partial charge in [0.15, 0.2) is 5.16 Å². The van der Waals surface area contributed by atoms with Crippen molar-refractivity contribution in [3.8, 4) is 16.8 Å². The summed E-state index contributed by atoms with van der Waals surface area (Å²) in [6, 6.07) is 29.3. The number of hydrogen-bond acceptors (Lipinski definition) is 3. The van der Waals surface area contributed by atoms with Crippen LogP contribution in [0.3, 0.4) is 0 Å². The van der Waals surface area contributed by atoms with Crippen LogP contribution in [0.1, 0.15) is 5.56 Å². The summed E-state index contributed by atoms with van der Waals surface area (Å²) in [4.78, 5) is 0. The van der Waals surface area contributed by atoms with Crippen LogP contribution in [-0.2, 0) is 5.75 Å². The van der Waals surface area contributed by atoms with Gasteiger partial charge in [0, 0.05) is 11.4 Å². The Morgan fingerprint density at radius 1 is 0.720 bits per heavy atom. The van der Waals surface area contributed by atoms with Crippen LogP contribution >= 0.6 is 11.8 Å². The zero-order valence-electron chi connectivity index (χ0n) is 13.6. The normalized spacial score (nSPS) is 10.7. The second-order valence-corrected chi connectivity index (χ2v) is 6.61. The van der Waals surface area contributed by atoms with Crippen LogP contribution in [-0.4, -0.2) is 14.8 Å². The third-order valence-corrected chi connectivity index (χ3v) is 4.99. The average molecular weight is 343 g/mol. The van der Waals surface area contributed by atoms with Gasteiger partial charge in [-0.05, 0) is 28.8 Å². The lowest BCUT2D eigenvalue weighted by Crippen LogP contribution is -1.94. The molecule has 1 heterocycles. The Morgan fingerprint density at radius 3 is 2.08 bits per heavy atom. The predicted molar refractivity (Wildman–Crippen MR) is 103 cm³/mol. The number of aromatic nitrogens is 3. The van der Waals surface area contributed by atoms with Crippen molar-refractivity contribution in [3.05, 3.63) is 96.8 Å². The number of benzene rings is 3. The van der Waals surface area contributed by atoms with Gasteiger partial charge in [0.25, 0.3) is 0 Å². The van der Waals surface area contributed by atoms with Crippen LogP contribution in [0.4, 0.5) is 0 Å². The van der Waals surface area contributed by atoms with Crippen molar-refractivity contribution in [1.82, 2.24) is 14.8 Å². The molecule has 0 amide bonds. The molecule has 4 rings (SSSR count). The second kappa shape index (κ2) is 7.36. The van der Waals surface area contributed by atoms with E-state index in [-0.39, 0.29) is 0 Å². The number of rotatable bonds is 5. The van der Waals surface area contributed by atoms with Crippen LogP contribution in [0.25, 0.3) is 16.8 Å². The van der Waals surface area contributed by atoms with E-state index in [0.717, 1.165) is 16.6 Å². The molecule has 0 aliphatic rings. The monoisotopic (exact) mass is 343 g/mol. The first-order chi connectivity index (χ1) is 12.4. The molecular formula is C21H17N3S. The first kappa shape index (κ1) is 15.7. The summed E-state index contributed by atoms with van der Waals surface area (Å²) in [6.45, 7) is 0. The van der Waals surface area contributed by atoms with E-state index in [1.165, 1.54) is 16.7 Å². The topological polar surface area (TPSA) is 30.7 Å². The van der Waals surface area contributed by atoms with Crippen LogP contribution < -0.4 is 0 Å². The lowest BCUT2D eigenvalue weighted by molar-refractivity contribution is 0.884. The summed E-state index contributed by atoms with van der Waals surface area (Å²) in [5.41, 5.74) is 4.83. The molecule has 0 saturated carbocycles. The van der Waals surface area contributed by atoms with Gasteiger partial charge >= 0.3 is 0 Å². The summed E-state index contributed by atoms with van der Waals surface area (Å²) >= 11 is 1.69. The van der Waals surface area contributed by atoms with Crippen molar-refractivity contribution in [2.75, 3.05) is 0 Å². The number of thioether (sulfide) groups is 1. The SMILES string of the molecule is c1ccc(-c2ccc(CSc3nncn3-c3ccccc3)cc2)cc1. The first-order valence-corrected chi connectivity index (χ1v) is 9.11. The van der Waals surface area contributed by atoms with E-state index in [2.05, 4.69) is 70.9 Å². The Morgan fingerprint density at radius 2 is 1.36 bits per heavy atom. The van der Waals surface area contributed by atoms with E-state index in [1.54, 1.807) is 18.1 Å². The first-order valence-electron chi connectivity index (χ1n) is 8.13. The molecule has 0 saturated heterocycles. The van der Waals surface area contributed by atoms with E-state index < -0.39 is 0 Å². The lowest BCUT2D eigenvalue weighted by Gasteiger charge is -2.07. The molecule has 3 nitrogen and oxygen atoms in total. The van der Waals surface area contributed by atoms with Gasteiger partial charge in [0.05, 0.1) is 0 Å². The predicted octanol–water partition coefficient (Wildman–Crippen LogP) is 5.23. The highest BCUT2D eigenvalue weighted by Crippen LogP contribution is 2.25. The largest absolute Gasteiger partial charge is 0.277 e. The molecule has 0 aliphatic heterocycles. The van der Waals surface area contributed by atoms with Crippen molar-refractivity contribution in [2.24, 2.45) is 0 Å². The van der Waals surface area contributed by atoms with E-state index in [4.69, 9.17) is 0 Å². The third kappa shape index (κ3) is 3.64. The quantitative estimate of drug-likeness (QED) is 0.465. The summed E-state index contributed by atoms with van der Waals surface area (Å²) < 4.78 is 2.02. The van der Waals surface area contributed by atoms with Gasteiger partial charge in [-0.15, -0.1) is 10.2 Å². The van der Waals surface area contributed by atoms with E-state index in [1.807, 2.05) is 28.8 Å². The summed E-state index contributed by atoms with van der Waals surface area (Å²) in [6.07, 6.45) is 1.76. The number of nitrogens with zero attached hydrogens (tertiary/aromatic N) is 3. The Balaban J connectivity index is 1.47. The molecule has 0 atom stereocenters. The molecular weight excluding hydrogens is 326 g/mol. The Hall–Kier alpha value is -2.85. The third-order valence-electron chi connectivity index (χ3n) is 3.98. The molecule has 0 N–H and O–H groups in total. The fraction of sp³-hybridized carbons (Fsp3) is 0.0476. The van der Waals surface area contributed by atoms with Gasteiger partial charge in [0.2, 0.25) is 0 Å². The molecule has 25 heavy (non-hydrogen) atoms. The molecule has 3 aromatic carbocycles. The summed E-state index contributed by atoms with van der Waals surface area (Å²) in [7, 11) is 0. The van der Waals surface area contributed by atoms with E-state index in [0.29, 0.717) is 0 Å². The van der Waals surface area contributed by atoms with Crippen molar-refractivity contribution in [2.45, 2.75) is 10.9 Å². The molecule has 4 heteroatoms. The molecule has 0 spiro atoms. The molecule has 0 fully saturated rings. The van der Waals surface area contributed by atoms with Gasteiger partial charge < -0.3 is 0 Å². The maximum atomic E-state index is 4.25. The highest BCUT2D eigenvalue weighted by atomic mass is 32.2. The van der Waals surface area contributed by atoms with Crippen molar-refractivity contribution in [1.29, 1.82) is 0 Å².